The molecule has 3 aromatic rings. The molecule has 2 fully saturated rings. The maximum atomic E-state index is 9.66. The summed E-state index contributed by atoms with van der Waals surface area (Å²) in [6.45, 7) is 6.66. The summed E-state index contributed by atoms with van der Waals surface area (Å²) in [6.07, 6.45) is 3.39. The van der Waals surface area contributed by atoms with Gasteiger partial charge in [0.25, 0.3) is 0 Å². The van der Waals surface area contributed by atoms with Crippen LogP contribution >= 0.6 is 0 Å². The summed E-state index contributed by atoms with van der Waals surface area (Å²) in [5, 5.41) is 15.3. The number of hydrogen-bond donors (Lipinski definition) is 1. The minimum atomic E-state index is -0.197. The van der Waals surface area contributed by atoms with Crippen LogP contribution < -0.4 is 4.74 Å². The number of morpholine rings is 2. The zero-order valence-corrected chi connectivity index (χ0v) is 19.0. The molecule has 4 heterocycles. The Hall–Kier alpha value is -2.69. The van der Waals surface area contributed by atoms with Gasteiger partial charge in [0.15, 0.2) is 5.82 Å². The predicted molar refractivity (Wildman–Crippen MR) is 122 cm³/mol. The average molecular weight is 452 g/mol. The van der Waals surface area contributed by atoms with Gasteiger partial charge in [0, 0.05) is 54.6 Å². The van der Waals surface area contributed by atoms with Crippen molar-refractivity contribution < 1.29 is 19.3 Å². The summed E-state index contributed by atoms with van der Waals surface area (Å²) in [6, 6.07) is 7.96. The van der Waals surface area contributed by atoms with Crippen LogP contribution in [0.25, 0.3) is 22.2 Å². The molecule has 2 aromatic heterocycles. The van der Waals surface area contributed by atoms with Gasteiger partial charge in [-0.1, -0.05) is 0 Å². The number of aliphatic hydroxyl groups excluding tert-OH is 1. The Balaban J connectivity index is 1.41. The first kappa shape index (κ1) is 22.1. The number of nitrogens with zero attached hydrogens (tertiary/aromatic N) is 5. The molecule has 0 aliphatic carbocycles. The Kier molecular flexibility index (Phi) is 6.48. The van der Waals surface area contributed by atoms with E-state index < -0.39 is 0 Å². The van der Waals surface area contributed by atoms with E-state index in [9.17, 15) is 5.11 Å². The number of rotatable bonds is 5. The smallest absolute Gasteiger partial charge is 0.159 e. The van der Waals surface area contributed by atoms with Gasteiger partial charge in [-0.25, -0.2) is 20.0 Å². The topological polar surface area (TPSA) is 93.1 Å². The second-order valence-corrected chi connectivity index (χ2v) is 8.40. The summed E-state index contributed by atoms with van der Waals surface area (Å²) >= 11 is 0. The fraction of sp³-hybridized carbons (Fsp3) is 0.458. The third-order valence-corrected chi connectivity index (χ3v) is 6.26. The fourth-order valence-corrected chi connectivity index (χ4v) is 4.48. The fourth-order valence-electron chi connectivity index (χ4n) is 4.48. The SMILES string of the molecule is COc1ccc(-c2cc3nc([C@@H]4CN(N5CCOCC5C)CCO4)ncc3cn2)cc1CO. The van der Waals surface area contributed by atoms with Crippen molar-refractivity contribution >= 4 is 10.9 Å². The zero-order valence-electron chi connectivity index (χ0n) is 19.0. The highest BCUT2D eigenvalue weighted by Gasteiger charge is 2.31. The van der Waals surface area contributed by atoms with Gasteiger partial charge < -0.3 is 19.3 Å². The molecule has 174 valence electrons. The van der Waals surface area contributed by atoms with Gasteiger partial charge >= 0.3 is 0 Å². The predicted octanol–water partition coefficient (Wildman–Crippen LogP) is 2.20. The quantitative estimate of drug-likeness (QED) is 0.627. The third-order valence-electron chi connectivity index (χ3n) is 6.26. The number of hydrogen-bond acceptors (Lipinski definition) is 9. The van der Waals surface area contributed by atoms with Crippen LogP contribution in [0.15, 0.2) is 36.7 Å². The first-order valence-electron chi connectivity index (χ1n) is 11.3. The number of ether oxygens (including phenoxy) is 3. The zero-order chi connectivity index (χ0) is 22.8. The molecule has 2 saturated heterocycles. The van der Waals surface area contributed by atoms with E-state index in [1.165, 1.54) is 0 Å². The van der Waals surface area contributed by atoms with E-state index in [-0.39, 0.29) is 12.7 Å². The number of hydrazine groups is 1. The van der Waals surface area contributed by atoms with Gasteiger partial charge in [-0.3, -0.25) is 4.98 Å². The van der Waals surface area contributed by atoms with Crippen molar-refractivity contribution in [2.75, 3.05) is 46.6 Å². The Bertz CT molecular complexity index is 1130. The molecule has 0 radical (unpaired) electrons. The molecule has 0 amide bonds. The lowest BCUT2D eigenvalue weighted by Gasteiger charge is -2.44. The van der Waals surface area contributed by atoms with E-state index in [1.807, 2.05) is 24.3 Å². The van der Waals surface area contributed by atoms with Gasteiger partial charge in [0.1, 0.15) is 11.9 Å². The van der Waals surface area contributed by atoms with Gasteiger partial charge in [0.05, 0.1) is 44.7 Å². The molecule has 9 nitrogen and oxygen atoms in total. The first-order valence-corrected chi connectivity index (χ1v) is 11.3. The summed E-state index contributed by atoms with van der Waals surface area (Å²) in [5.41, 5.74) is 3.20. The highest BCUT2D eigenvalue weighted by atomic mass is 16.5. The van der Waals surface area contributed by atoms with Crippen molar-refractivity contribution in [1.82, 2.24) is 25.0 Å². The highest BCUT2D eigenvalue weighted by molar-refractivity contribution is 5.81. The molecule has 2 aliphatic rings. The summed E-state index contributed by atoms with van der Waals surface area (Å²) < 4.78 is 17.0. The molecule has 1 N–H and O–H groups in total. The largest absolute Gasteiger partial charge is 0.496 e. The minimum Gasteiger partial charge on any atom is -0.496 e. The van der Waals surface area contributed by atoms with E-state index in [0.717, 1.165) is 48.5 Å². The molecule has 33 heavy (non-hydrogen) atoms. The monoisotopic (exact) mass is 451 g/mol. The van der Waals surface area contributed by atoms with Crippen molar-refractivity contribution in [3.05, 3.63) is 48.0 Å². The third kappa shape index (κ3) is 4.55. The molecular formula is C24H29N5O4. The number of pyridine rings is 1. The van der Waals surface area contributed by atoms with Crippen molar-refractivity contribution in [1.29, 1.82) is 0 Å². The van der Waals surface area contributed by atoms with Gasteiger partial charge in [-0.15, -0.1) is 0 Å². The standard InChI is InChI=1S/C24H29N5O4/c1-16-15-32-7-6-29(16)28-5-8-33-23(13-28)24-26-12-19-11-25-20(10-21(19)27-24)17-3-4-22(31-2)18(9-17)14-30/h3-4,9-12,16,23,30H,5-8,13-15H2,1-2H3/t16?,23-/m0/s1. The van der Waals surface area contributed by atoms with Crippen molar-refractivity contribution in [3.8, 4) is 17.0 Å². The second-order valence-electron chi connectivity index (χ2n) is 8.40. The van der Waals surface area contributed by atoms with Crippen molar-refractivity contribution in [2.45, 2.75) is 25.7 Å². The number of fused-ring (bicyclic) bond motifs is 1. The normalized spacial score (nSPS) is 22.5. The molecule has 5 rings (SSSR count). The molecule has 2 atom stereocenters. The van der Waals surface area contributed by atoms with Gasteiger partial charge in [-0.2, -0.15) is 0 Å². The van der Waals surface area contributed by atoms with Crippen LogP contribution in [-0.2, 0) is 16.1 Å². The van der Waals surface area contributed by atoms with Crippen LogP contribution in [0.1, 0.15) is 24.4 Å². The number of aromatic nitrogens is 3. The maximum Gasteiger partial charge on any atom is 0.159 e. The lowest BCUT2D eigenvalue weighted by molar-refractivity contribution is -0.172. The van der Waals surface area contributed by atoms with Crippen molar-refractivity contribution in [2.24, 2.45) is 0 Å². The molecule has 0 saturated carbocycles. The maximum absolute atomic E-state index is 9.66. The Labute approximate surface area is 192 Å². The highest BCUT2D eigenvalue weighted by Crippen LogP contribution is 2.28. The molecule has 2 aliphatic heterocycles. The molecule has 9 heteroatoms. The average Bonchev–Trinajstić information content (AvgIpc) is 2.88. The van der Waals surface area contributed by atoms with E-state index in [1.54, 1.807) is 19.5 Å². The van der Waals surface area contributed by atoms with E-state index in [0.29, 0.717) is 36.3 Å². The minimum absolute atomic E-state index is 0.103. The van der Waals surface area contributed by atoms with E-state index >= 15 is 0 Å². The van der Waals surface area contributed by atoms with Crippen molar-refractivity contribution in [3.63, 3.8) is 0 Å². The van der Waals surface area contributed by atoms with Crippen LogP contribution in [0.4, 0.5) is 0 Å². The first-order chi connectivity index (χ1) is 16.2. The number of aliphatic hydroxyl groups is 1. The number of methoxy groups -OCH3 is 1. The molecule has 0 spiro atoms. The van der Waals surface area contributed by atoms with E-state index in [2.05, 4.69) is 26.9 Å². The lowest BCUT2D eigenvalue weighted by Crippen LogP contribution is -2.57. The number of benzene rings is 1. The second kappa shape index (κ2) is 9.66. The Morgan fingerprint density at radius 1 is 1.15 bits per heavy atom. The summed E-state index contributed by atoms with van der Waals surface area (Å²) in [5.74, 6) is 1.33. The summed E-state index contributed by atoms with van der Waals surface area (Å²) in [4.78, 5) is 14.0. The van der Waals surface area contributed by atoms with Crippen LogP contribution in [0.5, 0.6) is 5.75 Å². The van der Waals surface area contributed by atoms with Gasteiger partial charge in [-0.05, 0) is 31.2 Å². The molecule has 0 bridgehead atoms. The molecule has 1 unspecified atom stereocenters. The van der Waals surface area contributed by atoms with Crippen LogP contribution in [-0.4, -0.2) is 82.7 Å². The summed E-state index contributed by atoms with van der Waals surface area (Å²) in [7, 11) is 1.59. The van der Waals surface area contributed by atoms with Gasteiger partial charge in [0.2, 0.25) is 0 Å². The molecular weight excluding hydrogens is 422 g/mol. The molecule has 1 aromatic carbocycles. The lowest BCUT2D eigenvalue weighted by atomic mass is 10.1. The Morgan fingerprint density at radius 3 is 2.85 bits per heavy atom. The van der Waals surface area contributed by atoms with Crippen LogP contribution in [0, 0.1) is 0 Å². The van der Waals surface area contributed by atoms with E-state index in [4.69, 9.17) is 19.2 Å². The van der Waals surface area contributed by atoms with Crippen LogP contribution in [0.2, 0.25) is 0 Å². The Morgan fingerprint density at radius 2 is 2.03 bits per heavy atom. The van der Waals surface area contributed by atoms with Crippen LogP contribution in [0.3, 0.4) is 0 Å².